The van der Waals surface area contributed by atoms with Crippen LogP contribution in [-0.4, -0.2) is 47.1 Å². The van der Waals surface area contributed by atoms with Gasteiger partial charge in [-0.1, -0.05) is 12.1 Å². The zero-order valence-electron chi connectivity index (χ0n) is 15.5. The van der Waals surface area contributed by atoms with Crippen molar-refractivity contribution in [2.75, 3.05) is 20.3 Å². The molecule has 1 aliphatic rings. The van der Waals surface area contributed by atoms with E-state index in [1.807, 2.05) is 11.6 Å². The summed E-state index contributed by atoms with van der Waals surface area (Å²) >= 11 is 0. The number of hydrogen-bond acceptors (Lipinski definition) is 5. The van der Waals surface area contributed by atoms with Crippen LogP contribution >= 0.6 is 0 Å². The third-order valence-electron chi connectivity index (χ3n) is 4.29. The van der Waals surface area contributed by atoms with Gasteiger partial charge in [-0.05, 0) is 18.6 Å². The van der Waals surface area contributed by atoms with Crippen LogP contribution in [0.4, 0.5) is 0 Å². The maximum atomic E-state index is 6.14. The average molecular weight is 358 g/mol. The monoisotopic (exact) mass is 358 g/mol. The van der Waals surface area contributed by atoms with E-state index in [2.05, 4.69) is 50.9 Å². The van der Waals surface area contributed by atoms with Gasteiger partial charge >= 0.3 is 0 Å². The fraction of sp³-hybridized carbons (Fsp3) is 0.500. The fourth-order valence-corrected chi connectivity index (χ4v) is 2.73. The Labute approximate surface area is 153 Å². The van der Waals surface area contributed by atoms with E-state index in [4.69, 9.17) is 9.47 Å². The minimum absolute atomic E-state index is 0.129. The van der Waals surface area contributed by atoms with Crippen molar-refractivity contribution in [3.8, 4) is 5.75 Å². The minimum atomic E-state index is 0.129. The number of benzene rings is 1. The first-order valence-corrected chi connectivity index (χ1v) is 8.77. The molecule has 0 amide bonds. The van der Waals surface area contributed by atoms with E-state index in [0.717, 1.165) is 30.2 Å². The van der Waals surface area contributed by atoms with E-state index in [0.29, 0.717) is 25.7 Å². The Morgan fingerprint density at radius 2 is 2.23 bits per heavy atom. The number of aromatic nitrogens is 3. The lowest BCUT2D eigenvalue weighted by molar-refractivity contribution is 0.140. The topological polar surface area (TPSA) is 85.6 Å². The van der Waals surface area contributed by atoms with Crippen molar-refractivity contribution in [1.82, 2.24) is 25.4 Å². The van der Waals surface area contributed by atoms with Gasteiger partial charge in [-0.25, -0.2) is 0 Å². The number of hydrogen-bond donors (Lipinski definition) is 2. The molecule has 0 bridgehead atoms. The fourth-order valence-electron chi connectivity index (χ4n) is 2.73. The molecule has 1 fully saturated rings. The van der Waals surface area contributed by atoms with Crippen LogP contribution in [0.1, 0.15) is 23.4 Å². The summed E-state index contributed by atoms with van der Waals surface area (Å²) in [5, 5.41) is 14.5. The third-order valence-corrected chi connectivity index (χ3v) is 4.29. The summed E-state index contributed by atoms with van der Waals surface area (Å²) in [5.74, 6) is 2.44. The summed E-state index contributed by atoms with van der Waals surface area (Å²) in [4.78, 5) is 4.26. The molecule has 2 heterocycles. The number of rotatable bonds is 6. The number of nitrogens with zero attached hydrogens (tertiary/aromatic N) is 4. The van der Waals surface area contributed by atoms with Gasteiger partial charge in [0.1, 0.15) is 18.2 Å². The average Bonchev–Trinajstić information content (AvgIpc) is 3.28. The lowest BCUT2D eigenvalue weighted by atomic mass is 10.1. The van der Waals surface area contributed by atoms with Crippen LogP contribution in [0.15, 0.2) is 29.5 Å². The Morgan fingerprint density at radius 1 is 1.38 bits per heavy atom. The van der Waals surface area contributed by atoms with Crippen molar-refractivity contribution in [2.45, 2.75) is 32.5 Å². The molecule has 1 aromatic heterocycles. The van der Waals surface area contributed by atoms with E-state index in [-0.39, 0.29) is 6.10 Å². The molecule has 0 saturated carbocycles. The standard InChI is InChI=1S/C18H26N6O2/c1-13-4-5-14(16(8-13)26-15-6-7-25-11-15)9-20-18(19-2)21-10-17-23-22-12-24(17)3/h4-5,8,12,15H,6-7,9-11H2,1-3H3,(H2,19,20,21). The predicted molar refractivity (Wildman–Crippen MR) is 99.1 cm³/mol. The molecule has 1 aromatic carbocycles. The highest BCUT2D eigenvalue weighted by Crippen LogP contribution is 2.23. The molecule has 26 heavy (non-hydrogen) atoms. The highest BCUT2D eigenvalue weighted by Gasteiger charge is 2.18. The van der Waals surface area contributed by atoms with Gasteiger partial charge in [-0.2, -0.15) is 0 Å². The van der Waals surface area contributed by atoms with Gasteiger partial charge in [0.05, 0.1) is 19.8 Å². The molecule has 0 radical (unpaired) electrons. The van der Waals surface area contributed by atoms with Gasteiger partial charge in [-0.3, -0.25) is 4.99 Å². The molecule has 8 nitrogen and oxygen atoms in total. The number of aryl methyl sites for hydroxylation is 2. The maximum absolute atomic E-state index is 6.14. The largest absolute Gasteiger partial charge is 0.488 e. The molecule has 8 heteroatoms. The van der Waals surface area contributed by atoms with E-state index in [1.165, 1.54) is 5.56 Å². The number of nitrogens with one attached hydrogen (secondary N) is 2. The van der Waals surface area contributed by atoms with E-state index in [9.17, 15) is 0 Å². The Hall–Kier alpha value is -2.61. The van der Waals surface area contributed by atoms with Crippen LogP contribution in [0.2, 0.25) is 0 Å². The Morgan fingerprint density at radius 3 is 2.92 bits per heavy atom. The smallest absolute Gasteiger partial charge is 0.191 e. The molecule has 1 unspecified atom stereocenters. The molecular formula is C18H26N6O2. The molecule has 0 spiro atoms. The van der Waals surface area contributed by atoms with Crippen LogP contribution < -0.4 is 15.4 Å². The summed E-state index contributed by atoms with van der Waals surface area (Å²) in [6.45, 7) is 4.65. The summed E-state index contributed by atoms with van der Waals surface area (Å²) in [7, 11) is 3.66. The molecular weight excluding hydrogens is 332 g/mol. The van der Waals surface area contributed by atoms with Gasteiger partial charge < -0.3 is 24.7 Å². The van der Waals surface area contributed by atoms with Crippen molar-refractivity contribution >= 4 is 5.96 Å². The van der Waals surface area contributed by atoms with Crippen molar-refractivity contribution in [2.24, 2.45) is 12.0 Å². The molecule has 1 atom stereocenters. The maximum Gasteiger partial charge on any atom is 0.191 e. The van der Waals surface area contributed by atoms with E-state index < -0.39 is 0 Å². The minimum Gasteiger partial charge on any atom is -0.488 e. The second-order valence-corrected chi connectivity index (χ2v) is 6.35. The zero-order chi connectivity index (χ0) is 18.4. The lowest BCUT2D eigenvalue weighted by Gasteiger charge is -2.18. The summed E-state index contributed by atoms with van der Waals surface area (Å²) in [5.41, 5.74) is 2.26. The molecule has 1 aliphatic heterocycles. The summed E-state index contributed by atoms with van der Waals surface area (Å²) in [6.07, 6.45) is 2.74. The van der Waals surface area contributed by atoms with Gasteiger partial charge in [0.15, 0.2) is 11.8 Å². The normalized spacial score (nSPS) is 17.3. The van der Waals surface area contributed by atoms with Crippen LogP contribution in [0.5, 0.6) is 5.75 Å². The first-order chi connectivity index (χ1) is 12.7. The lowest BCUT2D eigenvalue weighted by Crippen LogP contribution is -2.37. The van der Waals surface area contributed by atoms with Gasteiger partial charge in [0, 0.05) is 32.6 Å². The summed E-state index contributed by atoms with van der Waals surface area (Å²) < 4.78 is 13.4. The Bertz CT molecular complexity index is 752. The van der Waals surface area contributed by atoms with E-state index >= 15 is 0 Å². The van der Waals surface area contributed by atoms with Gasteiger partial charge in [0.25, 0.3) is 0 Å². The molecule has 0 aliphatic carbocycles. The first kappa shape index (κ1) is 18.2. The predicted octanol–water partition coefficient (Wildman–Crippen LogP) is 1.16. The Kier molecular flexibility index (Phi) is 6.06. The van der Waals surface area contributed by atoms with Crippen LogP contribution in [0.3, 0.4) is 0 Å². The molecule has 2 N–H and O–H groups in total. The zero-order valence-corrected chi connectivity index (χ0v) is 15.5. The third kappa shape index (κ3) is 4.72. The highest BCUT2D eigenvalue weighted by molar-refractivity contribution is 5.79. The van der Waals surface area contributed by atoms with Crippen LogP contribution in [0, 0.1) is 6.92 Å². The second-order valence-electron chi connectivity index (χ2n) is 6.35. The molecule has 2 aromatic rings. The number of guanidine groups is 1. The van der Waals surface area contributed by atoms with Crippen molar-refractivity contribution in [3.63, 3.8) is 0 Å². The van der Waals surface area contributed by atoms with Crippen molar-refractivity contribution < 1.29 is 9.47 Å². The second kappa shape index (κ2) is 8.66. The van der Waals surface area contributed by atoms with Crippen molar-refractivity contribution in [1.29, 1.82) is 0 Å². The molecule has 3 rings (SSSR count). The first-order valence-electron chi connectivity index (χ1n) is 8.77. The highest BCUT2D eigenvalue weighted by atomic mass is 16.5. The summed E-state index contributed by atoms with van der Waals surface area (Å²) in [6, 6.07) is 6.25. The quantitative estimate of drug-likeness (QED) is 0.595. The van der Waals surface area contributed by atoms with Gasteiger partial charge in [-0.15, -0.1) is 10.2 Å². The SMILES string of the molecule is CN=C(NCc1ccc(C)cc1OC1CCOC1)NCc1nncn1C. The molecule has 1 saturated heterocycles. The molecule has 140 valence electrons. The van der Waals surface area contributed by atoms with Crippen LogP contribution in [0.25, 0.3) is 0 Å². The van der Waals surface area contributed by atoms with E-state index in [1.54, 1.807) is 13.4 Å². The van der Waals surface area contributed by atoms with Crippen LogP contribution in [-0.2, 0) is 24.9 Å². The number of aliphatic imine (C=N–C) groups is 1. The Balaban J connectivity index is 1.59. The van der Waals surface area contributed by atoms with Crippen molar-refractivity contribution in [3.05, 3.63) is 41.5 Å². The van der Waals surface area contributed by atoms with Gasteiger partial charge in [0.2, 0.25) is 0 Å². The number of ether oxygens (including phenoxy) is 2.